The van der Waals surface area contributed by atoms with E-state index in [-0.39, 0.29) is 23.1 Å². The molecule has 0 aliphatic rings. The number of benzene rings is 3. The molecule has 3 aromatic carbocycles. The number of methoxy groups -OCH3 is 3. The monoisotopic (exact) mass is 611 g/mol. The van der Waals surface area contributed by atoms with Crippen molar-refractivity contribution in [2.24, 2.45) is 0 Å². The number of nitrogens with zero attached hydrogens (tertiary/aromatic N) is 2. The molecular weight excluding hydrogens is 570 g/mol. The first-order chi connectivity index (χ1) is 20.5. The minimum absolute atomic E-state index is 0.0722. The highest BCUT2D eigenvalue weighted by atomic mass is 32.2. The Balaban J connectivity index is 2.14. The van der Waals surface area contributed by atoms with E-state index in [0.29, 0.717) is 30.2 Å². The fourth-order valence-electron chi connectivity index (χ4n) is 4.91. The summed E-state index contributed by atoms with van der Waals surface area (Å²) in [5, 5.41) is 2.80. The number of carbonyl (C=O) groups is 2. The SMILES string of the molecule is CCNC(=O)[C@@H](CC)N(Cc1cccc(OC)c1)C(=O)CN(c1cc(C)cc(C)c1)S(=O)(=O)c1ccc(OC)c(OC)c1. The lowest BCUT2D eigenvalue weighted by Gasteiger charge is -2.33. The maximum Gasteiger partial charge on any atom is 0.264 e. The van der Waals surface area contributed by atoms with E-state index in [4.69, 9.17) is 14.2 Å². The summed E-state index contributed by atoms with van der Waals surface area (Å²) in [6, 6.07) is 16.0. The summed E-state index contributed by atoms with van der Waals surface area (Å²) >= 11 is 0. The molecule has 0 saturated heterocycles. The van der Waals surface area contributed by atoms with Gasteiger partial charge >= 0.3 is 0 Å². The molecule has 0 aliphatic heterocycles. The van der Waals surface area contributed by atoms with Crippen LogP contribution >= 0.6 is 0 Å². The van der Waals surface area contributed by atoms with Crippen molar-refractivity contribution in [2.45, 2.75) is 51.6 Å². The first-order valence-corrected chi connectivity index (χ1v) is 15.5. The third kappa shape index (κ3) is 7.98. The molecule has 3 aromatic rings. The molecule has 0 saturated carbocycles. The Kier molecular flexibility index (Phi) is 11.4. The van der Waals surface area contributed by atoms with Gasteiger partial charge in [-0.15, -0.1) is 0 Å². The van der Waals surface area contributed by atoms with Crippen LogP contribution in [0.5, 0.6) is 17.2 Å². The van der Waals surface area contributed by atoms with Gasteiger partial charge in [-0.05, 0) is 80.3 Å². The predicted octanol–water partition coefficient (Wildman–Crippen LogP) is 4.47. The normalized spacial score (nSPS) is 11.8. The van der Waals surface area contributed by atoms with Crippen LogP contribution < -0.4 is 23.8 Å². The Morgan fingerprint density at radius 2 is 1.53 bits per heavy atom. The molecule has 0 aromatic heterocycles. The van der Waals surface area contributed by atoms with Crippen LogP contribution in [0, 0.1) is 13.8 Å². The van der Waals surface area contributed by atoms with E-state index in [1.807, 2.05) is 32.9 Å². The number of sulfonamides is 1. The maximum absolute atomic E-state index is 14.3. The molecule has 0 aliphatic carbocycles. The van der Waals surface area contributed by atoms with Gasteiger partial charge < -0.3 is 24.4 Å². The number of ether oxygens (including phenoxy) is 3. The van der Waals surface area contributed by atoms with Crippen molar-refractivity contribution in [3.8, 4) is 17.2 Å². The number of amides is 2. The zero-order valence-electron chi connectivity index (χ0n) is 25.8. The van der Waals surface area contributed by atoms with Gasteiger partial charge in [-0.3, -0.25) is 13.9 Å². The summed E-state index contributed by atoms with van der Waals surface area (Å²) in [5.74, 6) is 0.347. The van der Waals surface area contributed by atoms with Crippen LogP contribution in [0.2, 0.25) is 0 Å². The smallest absolute Gasteiger partial charge is 0.264 e. The lowest BCUT2D eigenvalue weighted by atomic mass is 10.1. The fraction of sp³-hybridized carbons (Fsp3) is 0.375. The van der Waals surface area contributed by atoms with Gasteiger partial charge in [-0.2, -0.15) is 0 Å². The van der Waals surface area contributed by atoms with Gasteiger partial charge in [0.15, 0.2) is 11.5 Å². The van der Waals surface area contributed by atoms with Gasteiger partial charge in [0.05, 0.1) is 31.9 Å². The first kappa shape index (κ1) is 33.3. The predicted molar refractivity (Wildman–Crippen MR) is 166 cm³/mol. The quantitative estimate of drug-likeness (QED) is 0.286. The highest BCUT2D eigenvalue weighted by Gasteiger charge is 2.34. The Morgan fingerprint density at radius 3 is 2.12 bits per heavy atom. The molecule has 0 bridgehead atoms. The Morgan fingerprint density at radius 1 is 0.860 bits per heavy atom. The van der Waals surface area contributed by atoms with Crippen LogP contribution in [0.25, 0.3) is 0 Å². The largest absolute Gasteiger partial charge is 0.497 e. The fourth-order valence-corrected chi connectivity index (χ4v) is 6.32. The lowest BCUT2D eigenvalue weighted by molar-refractivity contribution is -0.140. The molecule has 43 heavy (non-hydrogen) atoms. The van der Waals surface area contributed by atoms with E-state index >= 15 is 0 Å². The number of hydrogen-bond acceptors (Lipinski definition) is 7. The van der Waals surface area contributed by atoms with Crippen molar-refractivity contribution >= 4 is 27.5 Å². The number of rotatable bonds is 14. The van der Waals surface area contributed by atoms with Gasteiger partial charge in [0.2, 0.25) is 11.8 Å². The van der Waals surface area contributed by atoms with E-state index in [1.165, 1.54) is 37.3 Å². The molecule has 0 heterocycles. The van der Waals surface area contributed by atoms with Crippen LogP contribution in [0.1, 0.15) is 37.0 Å². The van der Waals surface area contributed by atoms with E-state index in [2.05, 4.69) is 5.32 Å². The zero-order chi connectivity index (χ0) is 31.7. The van der Waals surface area contributed by atoms with Crippen LogP contribution in [-0.2, 0) is 26.2 Å². The highest BCUT2D eigenvalue weighted by Crippen LogP contribution is 2.33. The molecule has 0 radical (unpaired) electrons. The molecule has 11 heteroatoms. The van der Waals surface area contributed by atoms with Gasteiger partial charge in [0, 0.05) is 19.2 Å². The van der Waals surface area contributed by atoms with Crippen molar-refractivity contribution in [1.29, 1.82) is 0 Å². The molecule has 3 rings (SSSR count). The summed E-state index contributed by atoms with van der Waals surface area (Å²) in [7, 11) is 0.137. The molecule has 232 valence electrons. The Labute approximate surface area is 254 Å². The minimum atomic E-state index is -4.29. The number of nitrogens with one attached hydrogen (secondary N) is 1. The maximum atomic E-state index is 14.3. The number of carbonyl (C=O) groups excluding carboxylic acids is 2. The highest BCUT2D eigenvalue weighted by molar-refractivity contribution is 7.92. The van der Waals surface area contributed by atoms with Crippen molar-refractivity contribution in [1.82, 2.24) is 10.2 Å². The van der Waals surface area contributed by atoms with Crippen molar-refractivity contribution in [3.05, 3.63) is 77.4 Å². The summed E-state index contributed by atoms with van der Waals surface area (Å²) in [6.07, 6.45) is 0.327. The third-order valence-electron chi connectivity index (χ3n) is 6.94. The number of aryl methyl sites for hydroxylation is 2. The second-order valence-corrected chi connectivity index (χ2v) is 11.9. The minimum Gasteiger partial charge on any atom is -0.497 e. The molecule has 1 N–H and O–H groups in total. The van der Waals surface area contributed by atoms with Crippen molar-refractivity contribution < 1.29 is 32.2 Å². The van der Waals surface area contributed by atoms with Gasteiger partial charge in [0.1, 0.15) is 18.3 Å². The average molecular weight is 612 g/mol. The van der Waals surface area contributed by atoms with E-state index < -0.39 is 28.5 Å². The zero-order valence-corrected chi connectivity index (χ0v) is 26.7. The second kappa shape index (κ2) is 14.8. The van der Waals surface area contributed by atoms with Crippen LogP contribution in [0.15, 0.2) is 65.6 Å². The molecule has 0 spiro atoms. The summed E-state index contributed by atoms with van der Waals surface area (Å²) in [6.45, 7) is 7.25. The van der Waals surface area contributed by atoms with Gasteiger partial charge in [-0.1, -0.05) is 25.1 Å². The topological polar surface area (TPSA) is 114 Å². The van der Waals surface area contributed by atoms with Crippen molar-refractivity contribution in [3.63, 3.8) is 0 Å². The van der Waals surface area contributed by atoms with Gasteiger partial charge in [-0.25, -0.2) is 8.42 Å². The third-order valence-corrected chi connectivity index (χ3v) is 8.71. The van der Waals surface area contributed by atoms with Crippen molar-refractivity contribution in [2.75, 3.05) is 38.7 Å². The second-order valence-electron chi connectivity index (χ2n) is 10.1. The van der Waals surface area contributed by atoms with E-state index in [0.717, 1.165) is 21.0 Å². The number of hydrogen-bond donors (Lipinski definition) is 1. The first-order valence-electron chi connectivity index (χ1n) is 14.0. The Bertz CT molecular complexity index is 1520. The summed E-state index contributed by atoms with van der Waals surface area (Å²) < 4.78 is 45.6. The standard InChI is InChI=1S/C32H41N3O7S/c1-8-28(32(37)33-9-2)34(20-24-11-10-12-26(18-24)40-5)31(36)21-35(25-16-22(3)15-23(4)17-25)43(38,39)27-13-14-29(41-6)30(19-27)42-7/h10-19,28H,8-9,20-21H2,1-7H3,(H,33,37)/t28-/m1/s1. The van der Waals surface area contributed by atoms with Crippen LogP contribution in [-0.4, -0.2) is 65.6 Å². The number of likely N-dealkylation sites (N-methyl/N-ethyl adjacent to an activating group) is 1. The lowest BCUT2D eigenvalue weighted by Crippen LogP contribution is -2.52. The molecule has 0 fully saturated rings. The summed E-state index contributed by atoms with van der Waals surface area (Å²) in [5.41, 5.74) is 2.72. The molecule has 0 unspecified atom stereocenters. The molecule has 10 nitrogen and oxygen atoms in total. The van der Waals surface area contributed by atoms with Crippen LogP contribution in [0.4, 0.5) is 5.69 Å². The molecular formula is C32H41N3O7S. The van der Waals surface area contributed by atoms with Crippen LogP contribution in [0.3, 0.4) is 0 Å². The molecule has 1 atom stereocenters. The average Bonchev–Trinajstić information content (AvgIpc) is 2.98. The van der Waals surface area contributed by atoms with E-state index in [1.54, 1.807) is 44.4 Å². The number of anilines is 1. The Hall–Kier alpha value is -4.25. The molecule has 2 amide bonds. The van der Waals surface area contributed by atoms with E-state index in [9.17, 15) is 18.0 Å². The van der Waals surface area contributed by atoms with Gasteiger partial charge in [0.25, 0.3) is 10.0 Å². The summed E-state index contributed by atoms with van der Waals surface area (Å²) in [4.78, 5) is 28.7.